The van der Waals surface area contributed by atoms with E-state index in [0.717, 1.165) is 29.9 Å². The van der Waals surface area contributed by atoms with Gasteiger partial charge in [-0.1, -0.05) is 36.4 Å². The number of rotatable bonds is 8. The zero-order valence-electron chi connectivity index (χ0n) is 19.0. The predicted octanol–water partition coefficient (Wildman–Crippen LogP) is 3.49. The van der Waals surface area contributed by atoms with Crippen molar-refractivity contribution in [2.75, 3.05) is 19.6 Å². The molecule has 3 heterocycles. The van der Waals surface area contributed by atoms with Crippen LogP contribution in [0.1, 0.15) is 36.2 Å². The standard InChI is InChI=1S/C24H30N4O3S2/c1-19-18-20(2)28(26-19)14-7-13-25-23(29)24(21-8-4-3-5-9-21)11-15-27(16-12-24)33(30,31)22-10-6-17-32-22/h3-6,8-10,17-18H,7,11-16H2,1-2H3,(H,25,29). The molecule has 1 aromatic carbocycles. The number of nitrogens with zero attached hydrogens (tertiary/aromatic N) is 3. The molecule has 7 nitrogen and oxygen atoms in total. The normalized spacial score (nSPS) is 16.5. The Labute approximate surface area is 199 Å². The number of thiophene rings is 1. The van der Waals surface area contributed by atoms with Crippen LogP contribution in [-0.4, -0.2) is 48.0 Å². The number of sulfonamides is 1. The smallest absolute Gasteiger partial charge is 0.252 e. The molecule has 4 rings (SSSR count). The van der Waals surface area contributed by atoms with Crippen molar-refractivity contribution in [2.45, 2.75) is 49.3 Å². The number of benzene rings is 1. The van der Waals surface area contributed by atoms with Crippen LogP contribution in [0.3, 0.4) is 0 Å². The molecule has 0 spiro atoms. The Bertz CT molecular complexity index is 1180. The summed E-state index contributed by atoms with van der Waals surface area (Å²) in [5.74, 6) is -0.0322. The summed E-state index contributed by atoms with van der Waals surface area (Å²) in [4.78, 5) is 13.5. The van der Waals surface area contributed by atoms with Crippen LogP contribution in [0.15, 0.2) is 58.1 Å². The number of hydrogen-bond acceptors (Lipinski definition) is 5. The van der Waals surface area contributed by atoms with Crippen LogP contribution in [-0.2, 0) is 26.8 Å². The molecule has 3 aromatic rings. The van der Waals surface area contributed by atoms with Gasteiger partial charge in [0.2, 0.25) is 5.91 Å². The lowest BCUT2D eigenvalue weighted by Crippen LogP contribution is -2.52. The van der Waals surface area contributed by atoms with Crippen molar-refractivity contribution in [1.82, 2.24) is 19.4 Å². The van der Waals surface area contributed by atoms with Crippen molar-refractivity contribution in [3.63, 3.8) is 0 Å². The largest absolute Gasteiger partial charge is 0.355 e. The SMILES string of the molecule is Cc1cc(C)n(CCCNC(=O)C2(c3ccccc3)CCN(S(=O)(=O)c3cccs3)CC2)n1. The van der Waals surface area contributed by atoms with Crippen molar-refractivity contribution in [3.8, 4) is 0 Å². The maximum absolute atomic E-state index is 13.5. The number of hydrogen-bond donors (Lipinski definition) is 1. The summed E-state index contributed by atoms with van der Waals surface area (Å²) in [5.41, 5.74) is 2.30. The van der Waals surface area contributed by atoms with Gasteiger partial charge >= 0.3 is 0 Å². The Morgan fingerprint density at radius 1 is 1.12 bits per heavy atom. The molecule has 1 aliphatic rings. The van der Waals surface area contributed by atoms with Gasteiger partial charge in [0.25, 0.3) is 10.0 Å². The molecular weight excluding hydrogens is 456 g/mol. The van der Waals surface area contributed by atoms with Crippen molar-refractivity contribution >= 4 is 27.3 Å². The second-order valence-corrected chi connectivity index (χ2v) is 11.7. The monoisotopic (exact) mass is 486 g/mol. The summed E-state index contributed by atoms with van der Waals surface area (Å²) < 4.78 is 29.8. The first-order chi connectivity index (χ1) is 15.8. The van der Waals surface area contributed by atoms with E-state index in [2.05, 4.69) is 10.4 Å². The lowest BCUT2D eigenvalue weighted by molar-refractivity contribution is -0.128. The number of aryl methyl sites for hydroxylation is 3. The van der Waals surface area contributed by atoms with Crippen LogP contribution >= 0.6 is 11.3 Å². The molecule has 0 aliphatic carbocycles. The Balaban J connectivity index is 1.44. The average molecular weight is 487 g/mol. The Morgan fingerprint density at radius 3 is 2.45 bits per heavy atom. The van der Waals surface area contributed by atoms with Gasteiger partial charge in [-0.2, -0.15) is 9.40 Å². The minimum atomic E-state index is -3.52. The number of amides is 1. The third-order valence-electron chi connectivity index (χ3n) is 6.36. The van der Waals surface area contributed by atoms with Crippen LogP contribution in [0.2, 0.25) is 0 Å². The van der Waals surface area contributed by atoms with E-state index in [-0.39, 0.29) is 5.91 Å². The van der Waals surface area contributed by atoms with E-state index in [1.54, 1.807) is 17.5 Å². The minimum Gasteiger partial charge on any atom is -0.355 e. The van der Waals surface area contributed by atoms with Crippen LogP contribution < -0.4 is 5.32 Å². The highest BCUT2D eigenvalue weighted by Crippen LogP contribution is 2.38. The van der Waals surface area contributed by atoms with Crippen LogP contribution in [0.4, 0.5) is 0 Å². The molecule has 1 aliphatic heterocycles. The Hall–Kier alpha value is -2.49. The zero-order chi connectivity index (χ0) is 23.5. The number of piperidine rings is 1. The van der Waals surface area contributed by atoms with Crippen LogP contribution in [0, 0.1) is 13.8 Å². The molecule has 1 N–H and O–H groups in total. The molecule has 2 aromatic heterocycles. The molecule has 33 heavy (non-hydrogen) atoms. The topological polar surface area (TPSA) is 84.3 Å². The lowest BCUT2D eigenvalue weighted by atomic mass is 9.72. The quantitative estimate of drug-likeness (QED) is 0.494. The average Bonchev–Trinajstić information content (AvgIpc) is 3.47. The van der Waals surface area contributed by atoms with E-state index in [4.69, 9.17) is 0 Å². The molecule has 0 radical (unpaired) electrons. The Morgan fingerprint density at radius 2 is 1.85 bits per heavy atom. The predicted molar refractivity (Wildman–Crippen MR) is 130 cm³/mol. The van der Waals surface area contributed by atoms with E-state index in [0.29, 0.717) is 36.7 Å². The molecule has 1 amide bonds. The molecular formula is C24H30N4O3S2. The maximum Gasteiger partial charge on any atom is 0.252 e. The zero-order valence-corrected chi connectivity index (χ0v) is 20.7. The van der Waals surface area contributed by atoms with Crippen LogP contribution in [0.5, 0.6) is 0 Å². The Kier molecular flexibility index (Phi) is 7.02. The van der Waals surface area contributed by atoms with Gasteiger partial charge in [-0.25, -0.2) is 8.42 Å². The number of carbonyl (C=O) groups excluding carboxylic acids is 1. The molecule has 9 heteroatoms. The summed E-state index contributed by atoms with van der Waals surface area (Å²) in [7, 11) is -3.52. The fraction of sp³-hybridized carbons (Fsp3) is 0.417. The third-order valence-corrected chi connectivity index (χ3v) is 9.63. The number of aromatic nitrogens is 2. The van der Waals surface area contributed by atoms with Gasteiger partial charge in [0.05, 0.1) is 11.1 Å². The molecule has 1 fully saturated rings. The molecule has 0 saturated carbocycles. The second kappa shape index (κ2) is 9.79. The highest BCUT2D eigenvalue weighted by atomic mass is 32.2. The van der Waals surface area contributed by atoms with Gasteiger partial charge in [-0.05, 0) is 56.2 Å². The molecule has 0 unspecified atom stereocenters. The van der Waals surface area contributed by atoms with Crippen molar-refractivity contribution in [1.29, 1.82) is 0 Å². The second-order valence-electron chi connectivity index (χ2n) is 8.54. The highest BCUT2D eigenvalue weighted by Gasteiger charge is 2.45. The van der Waals surface area contributed by atoms with E-state index >= 15 is 0 Å². The summed E-state index contributed by atoms with van der Waals surface area (Å²) in [5, 5.41) is 9.36. The molecule has 176 valence electrons. The summed E-state index contributed by atoms with van der Waals surface area (Å²) >= 11 is 1.22. The lowest BCUT2D eigenvalue weighted by Gasteiger charge is -2.40. The summed E-state index contributed by atoms with van der Waals surface area (Å²) in [6, 6.07) is 15.2. The van der Waals surface area contributed by atoms with Gasteiger partial charge in [0, 0.05) is 31.9 Å². The fourth-order valence-electron chi connectivity index (χ4n) is 4.55. The van der Waals surface area contributed by atoms with E-state index in [9.17, 15) is 13.2 Å². The maximum atomic E-state index is 13.5. The minimum absolute atomic E-state index is 0.0322. The number of carbonyl (C=O) groups is 1. The van der Waals surface area contributed by atoms with E-state index in [1.807, 2.05) is 54.9 Å². The summed E-state index contributed by atoms with van der Waals surface area (Å²) in [6.45, 7) is 5.91. The van der Waals surface area contributed by atoms with Crippen LogP contribution in [0.25, 0.3) is 0 Å². The first-order valence-electron chi connectivity index (χ1n) is 11.2. The first-order valence-corrected chi connectivity index (χ1v) is 13.5. The summed E-state index contributed by atoms with van der Waals surface area (Å²) in [6.07, 6.45) is 1.67. The third kappa shape index (κ3) is 4.90. The van der Waals surface area contributed by atoms with Crippen molar-refractivity contribution < 1.29 is 13.2 Å². The fourth-order valence-corrected chi connectivity index (χ4v) is 7.14. The number of nitrogens with one attached hydrogen (secondary N) is 1. The van der Waals surface area contributed by atoms with Gasteiger partial charge in [0.15, 0.2) is 0 Å². The highest BCUT2D eigenvalue weighted by molar-refractivity contribution is 7.91. The molecule has 1 saturated heterocycles. The van der Waals surface area contributed by atoms with E-state index < -0.39 is 15.4 Å². The van der Waals surface area contributed by atoms with Crippen molar-refractivity contribution in [3.05, 3.63) is 70.9 Å². The molecule has 0 bridgehead atoms. The first kappa shape index (κ1) is 23.7. The van der Waals surface area contributed by atoms with Gasteiger partial charge < -0.3 is 5.32 Å². The van der Waals surface area contributed by atoms with Gasteiger partial charge in [-0.15, -0.1) is 11.3 Å². The van der Waals surface area contributed by atoms with Gasteiger partial charge in [0.1, 0.15) is 4.21 Å². The molecule has 0 atom stereocenters. The van der Waals surface area contributed by atoms with E-state index in [1.165, 1.54) is 15.6 Å². The van der Waals surface area contributed by atoms with Gasteiger partial charge in [-0.3, -0.25) is 9.48 Å². The van der Waals surface area contributed by atoms with Crippen molar-refractivity contribution in [2.24, 2.45) is 0 Å².